The zero-order valence-electron chi connectivity index (χ0n) is 16.6. The summed E-state index contributed by atoms with van der Waals surface area (Å²) >= 11 is 0. The van der Waals surface area contributed by atoms with E-state index in [-0.39, 0.29) is 11.9 Å². The first-order valence-electron chi connectivity index (χ1n) is 9.73. The van der Waals surface area contributed by atoms with Crippen molar-refractivity contribution in [3.05, 3.63) is 83.2 Å². The number of anilines is 1. The lowest BCUT2D eigenvalue weighted by Gasteiger charge is -2.34. The van der Waals surface area contributed by atoms with Gasteiger partial charge in [0.1, 0.15) is 0 Å². The van der Waals surface area contributed by atoms with Crippen LogP contribution in [0.3, 0.4) is 0 Å². The number of aryl methyl sites for hydroxylation is 1. The first-order chi connectivity index (χ1) is 13.5. The van der Waals surface area contributed by atoms with Crippen LogP contribution in [0.4, 0.5) is 10.5 Å². The highest BCUT2D eigenvalue weighted by Crippen LogP contribution is 2.33. The molecule has 2 amide bonds. The number of carbonyl (C=O) groups excluding carboxylic acids is 1. The SMILES string of the molecule is CC(C)c1ccc(NC(=O)N2Cc3ccccc3C(c3cnn(C)c3)C2)cc1. The van der Waals surface area contributed by atoms with E-state index in [1.807, 2.05) is 47.2 Å². The van der Waals surface area contributed by atoms with Crippen LogP contribution in [0.1, 0.15) is 47.9 Å². The Morgan fingerprint density at radius 3 is 2.57 bits per heavy atom. The van der Waals surface area contributed by atoms with E-state index in [0.717, 1.165) is 11.3 Å². The second-order valence-corrected chi connectivity index (χ2v) is 7.79. The van der Waals surface area contributed by atoms with E-state index in [1.165, 1.54) is 16.7 Å². The lowest BCUT2D eigenvalue weighted by molar-refractivity contribution is 0.203. The summed E-state index contributed by atoms with van der Waals surface area (Å²) in [6, 6.07) is 16.4. The van der Waals surface area contributed by atoms with Gasteiger partial charge in [-0.15, -0.1) is 0 Å². The topological polar surface area (TPSA) is 50.2 Å². The van der Waals surface area contributed by atoms with Crippen molar-refractivity contribution in [2.24, 2.45) is 7.05 Å². The molecule has 0 spiro atoms. The molecule has 1 atom stereocenters. The van der Waals surface area contributed by atoms with Crippen molar-refractivity contribution in [2.45, 2.75) is 32.2 Å². The van der Waals surface area contributed by atoms with E-state index in [0.29, 0.717) is 19.0 Å². The van der Waals surface area contributed by atoms with Crippen LogP contribution in [0.2, 0.25) is 0 Å². The van der Waals surface area contributed by atoms with Crippen molar-refractivity contribution in [3.8, 4) is 0 Å². The normalized spacial score (nSPS) is 16.1. The van der Waals surface area contributed by atoms with Gasteiger partial charge in [0.05, 0.1) is 6.20 Å². The number of carbonyl (C=O) groups is 1. The lowest BCUT2D eigenvalue weighted by atomic mass is 9.86. The summed E-state index contributed by atoms with van der Waals surface area (Å²) in [5.41, 5.74) is 5.69. The summed E-state index contributed by atoms with van der Waals surface area (Å²) in [5.74, 6) is 0.608. The molecule has 1 aromatic heterocycles. The van der Waals surface area contributed by atoms with Gasteiger partial charge in [-0.1, -0.05) is 50.2 Å². The van der Waals surface area contributed by atoms with E-state index in [4.69, 9.17) is 0 Å². The number of aromatic nitrogens is 2. The average Bonchev–Trinajstić information content (AvgIpc) is 3.13. The van der Waals surface area contributed by atoms with Gasteiger partial charge in [-0.25, -0.2) is 4.79 Å². The van der Waals surface area contributed by atoms with Crippen molar-refractivity contribution in [3.63, 3.8) is 0 Å². The van der Waals surface area contributed by atoms with Gasteiger partial charge >= 0.3 is 6.03 Å². The Bertz CT molecular complexity index is 974. The molecule has 1 unspecified atom stereocenters. The molecule has 1 aliphatic rings. The maximum Gasteiger partial charge on any atom is 0.322 e. The predicted molar refractivity (Wildman–Crippen MR) is 111 cm³/mol. The molecule has 5 nitrogen and oxygen atoms in total. The van der Waals surface area contributed by atoms with Gasteiger partial charge in [-0.3, -0.25) is 4.68 Å². The number of nitrogens with zero attached hydrogens (tertiary/aromatic N) is 3. The molecule has 1 aliphatic heterocycles. The monoisotopic (exact) mass is 374 g/mol. The standard InChI is InChI=1S/C23H26N4O/c1-16(2)17-8-10-20(11-9-17)25-23(28)27-14-18-6-4-5-7-21(18)22(15-27)19-12-24-26(3)13-19/h4-13,16,22H,14-15H2,1-3H3,(H,25,28). The van der Waals surface area contributed by atoms with Crippen LogP contribution in [-0.2, 0) is 13.6 Å². The minimum atomic E-state index is -0.0688. The molecule has 3 aromatic rings. The fourth-order valence-corrected chi connectivity index (χ4v) is 3.82. The molecule has 144 valence electrons. The van der Waals surface area contributed by atoms with Crippen LogP contribution in [0.25, 0.3) is 0 Å². The molecule has 4 rings (SSSR count). The molecule has 2 aromatic carbocycles. The quantitative estimate of drug-likeness (QED) is 0.721. The number of rotatable bonds is 3. The smallest absolute Gasteiger partial charge is 0.319 e. The molecule has 1 N–H and O–H groups in total. The number of benzene rings is 2. The Balaban J connectivity index is 1.55. The maximum absolute atomic E-state index is 13.0. The Morgan fingerprint density at radius 1 is 1.14 bits per heavy atom. The van der Waals surface area contributed by atoms with Gasteiger partial charge in [0, 0.05) is 37.9 Å². The van der Waals surface area contributed by atoms with Crippen molar-refractivity contribution in [1.29, 1.82) is 0 Å². The second-order valence-electron chi connectivity index (χ2n) is 7.79. The van der Waals surface area contributed by atoms with E-state index >= 15 is 0 Å². The lowest BCUT2D eigenvalue weighted by Crippen LogP contribution is -2.41. The van der Waals surface area contributed by atoms with Gasteiger partial charge in [-0.05, 0) is 40.3 Å². The summed E-state index contributed by atoms with van der Waals surface area (Å²) in [6.07, 6.45) is 3.93. The Hall–Kier alpha value is -3.08. The molecule has 0 aliphatic carbocycles. The van der Waals surface area contributed by atoms with E-state index in [2.05, 4.69) is 54.6 Å². The minimum absolute atomic E-state index is 0.0688. The van der Waals surface area contributed by atoms with E-state index in [9.17, 15) is 4.79 Å². The Labute approximate surface area is 166 Å². The third-order valence-corrected chi connectivity index (χ3v) is 5.44. The van der Waals surface area contributed by atoms with Crippen molar-refractivity contribution < 1.29 is 4.79 Å². The summed E-state index contributed by atoms with van der Waals surface area (Å²) in [5, 5.41) is 7.37. The molecular formula is C23H26N4O. The molecule has 0 saturated heterocycles. The van der Waals surface area contributed by atoms with Crippen LogP contribution in [0.5, 0.6) is 0 Å². The summed E-state index contributed by atoms with van der Waals surface area (Å²) in [7, 11) is 1.92. The number of amides is 2. The third kappa shape index (κ3) is 3.65. The summed E-state index contributed by atoms with van der Waals surface area (Å²) < 4.78 is 1.81. The summed E-state index contributed by atoms with van der Waals surface area (Å²) in [4.78, 5) is 14.9. The zero-order valence-corrected chi connectivity index (χ0v) is 16.6. The first-order valence-corrected chi connectivity index (χ1v) is 9.73. The number of nitrogens with one attached hydrogen (secondary N) is 1. The average molecular weight is 374 g/mol. The van der Waals surface area contributed by atoms with Crippen molar-refractivity contribution in [2.75, 3.05) is 11.9 Å². The van der Waals surface area contributed by atoms with Gasteiger partial charge in [0.15, 0.2) is 0 Å². The molecule has 28 heavy (non-hydrogen) atoms. The zero-order chi connectivity index (χ0) is 19.7. The Kier molecular flexibility index (Phi) is 4.90. The van der Waals surface area contributed by atoms with Gasteiger partial charge < -0.3 is 10.2 Å². The predicted octanol–water partition coefficient (Wildman–Crippen LogP) is 4.72. The third-order valence-electron chi connectivity index (χ3n) is 5.44. The summed E-state index contributed by atoms with van der Waals surface area (Å²) in [6.45, 7) is 5.58. The van der Waals surface area contributed by atoms with Crippen LogP contribution in [0, 0.1) is 0 Å². The second kappa shape index (κ2) is 7.50. The van der Waals surface area contributed by atoms with Crippen LogP contribution in [0.15, 0.2) is 60.9 Å². The maximum atomic E-state index is 13.0. The number of hydrogen-bond acceptors (Lipinski definition) is 2. The van der Waals surface area contributed by atoms with Crippen LogP contribution in [-0.4, -0.2) is 27.3 Å². The van der Waals surface area contributed by atoms with Gasteiger partial charge in [0.2, 0.25) is 0 Å². The molecule has 2 heterocycles. The van der Waals surface area contributed by atoms with E-state index < -0.39 is 0 Å². The van der Waals surface area contributed by atoms with Crippen molar-refractivity contribution >= 4 is 11.7 Å². The van der Waals surface area contributed by atoms with Gasteiger partial charge in [-0.2, -0.15) is 5.10 Å². The fourth-order valence-electron chi connectivity index (χ4n) is 3.82. The minimum Gasteiger partial charge on any atom is -0.319 e. The van der Waals surface area contributed by atoms with Crippen molar-refractivity contribution in [1.82, 2.24) is 14.7 Å². The first kappa shape index (κ1) is 18.3. The highest BCUT2D eigenvalue weighted by atomic mass is 16.2. The highest BCUT2D eigenvalue weighted by molar-refractivity contribution is 5.89. The highest BCUT2D eigenvalue weighted by Gasteiger charge is 2.29. The molecular weight excluding hydrogens is 348 g/mol. The molecule has 0 saturated carbocycles. The van der Waals surface area contributed by atoms with Crippen LogP contribution >= 0.6 is 0 Å². The molecule has 0 bridgehead atoms. The fraction of sp³-hybridized carbons (Fsp3) is 0.304. The Morgan fingerprint density at radius 2 is 1.89 bits per heavy atom. The molecule has 5 heteroatoms. The number of hydrogen-bond donors (Lipinski definition) is 1. The number of urea groups is 1. The van der Waals surface area contributed by atoms with Gasteiger partial charge in [0.25, 0.3) is 0 Å². The largest absolute Gasteiger partial charge is 0.322 e. The number of fused-ring (bicyclic) bond motifs is 1. The molecule has 0 radical (unpaired) electrons. The van der Waals surface area contributed by atoms with E-state index in [1.54, 1.807) is 0 Å². The molecule has 0 fully saturated rings. The van der Waals surface area contributed by atoms with Crippen LogP contribution < -0.4 is 5.32 Å².